The molecule has 0 spiro atoms. The average Bonchev–Trinajstić information content (AvgIpc) is 3.04. The number of hydrogen-bond acceptors (Lipinski definition) is 6. The molecular weight excluding hydrogens is 312 g/mol. The third-order valence-corrected chi connectivity index (χ3v) is 4.61. The number of aromatic nitrogens is 2. The lowest BCUT2D eigenvalue weighted by atomic mass is 9.95. The molecule has 2 N–H and O–H groups in total. The van der Waals surface area contributed by atoms with Gasteiger partial charge in [0.25, 0.3) is 0 Å². The Morgan fingerprint density at radius 2 is 2.09 bits per heavy atom. The van der Waals surface area contributed by atoms with Crippen LogP contribution in [0.5, 0.6) is 0 Å². The highest BCUT2D eigenvalue weighted by atomic mass is 32.2. The molecule has 122 valence electrons. The van der Waals surface area contributed by atoms with Crippen LogP contribution in [0, 0.1) is 0 Å². The first-order chi connectivity index (χ1) is 11.2. The van der Waals surface area contributed by atoms with Gasteiger partial charge in [-0.2, -0.15) is 0 Å². The van der Waals surface area contributed by atoms with Crippen molar-refractivity contribution in [2.24, 2.45) is 0 Å². The fourth-order valence-electron chi connectivity index (χ4n) is 2.68. The molecule has 0 aliphatic heterocycles. The third-order valence-electron chi connectivity index (χ3n) is 3.88. The molecule has 1 heterocycles. The molecule has 1 aliphatic carbocycles. The highest BCUT2D eigenvalue weighted by molar-refractivity contribution is 7.98. The predicted molar refractivity (Wildman–Crippen MR) is 90.1 cm³/mol. The molecular formula is C16H20N4O2S. The molecule has 0 bridgehead atoms. The zero-order chi connectivity index (χ0) is 16.1. The van der Waals surface area contributed by atoms with Crippen molar-refractivity contribution in [2.75, 3.05) is 11.6 Å². The van der Waals surface area contributed by atoms with Crippen LogP contribution < -0.4 is 10.6 Å². The van der Waals surface area contributed by atoms with Crippen LogP contribution in [0.15, 0.2) is 33.6 Å². The molecule has 3 rings (SSSR count). The highest BCUT2D eigenvalue weighted by Crippen LogP contribution is 2.22. The smallest absolute Gasteiger partial charge is 0.320 e. The predicted octanol–water partition coefficient (Wildman–Crippen LogP) is 3.60. The van der Waals surface area contributed by atoms with Gasteiger partial charge in [-0.1, -0.05) is 30.4 Å². The Morgan fingerprint density at radius 1 is 1.26 bits per heavy atom. The van der Waals surface area contributed by atoms with E-state index in [-0.39, 0.29) is 23.9 Å². The van der Waals surface area contributed by atoms with E-state index in [4.69, 9.17) is 4.42 Å². The second-order valence-corrected chi connectivity index (χ2v) is 6.46. The van der Waals surface area contributed by atoms with Crippen molar-refractivity contribution in [3.8, 4) is 0 Å². The van der Waals surface area contributed by atoms with E-state index in [1.165, 1.54) is 6.42 Å². The second-order valence-electron chi connectivity index (χ2n) is 5.58. The molecule has 0 atom stereocenters. The summed E-state index contributed by atoms with van der Waals surface area (Å²) >= 11 is 1.65. The van der Waals surface area contributed by atoms with Crippen LogP contribution in [0.25, 0.3) is 0 Å². The summed E-state index contributed by atoms with van der Waals surface area (Å²) in [7, 11) is 0. The summed E-state index contributed by atoms with van der Waals surface area (Å²) in [6, 6.07) is 8.30. The van der Waals surface area contributed by atoms with Gasteiger partial charge < -0.3 is 15.1 Å². The number of thioether (sulfide) groups is 1. The molecule has 6 nitrogen and oxygen atoms in total. The Morgan fingerprint density at radius 3 is 2.87 bits per heavy atom. The molecule has 1 fully saturated rings. The SMILES string of the molecule is CSc1cccc(Nc2nnc(C(=O)NC3CCCCC3)o2)c1. The maximum absolute atomic E-state index is 12.1. The van der Waals surface area contributed by atoms with E-state index in [1.54, 1.807) is 11.8 Å². The minimum Gasteiger partial charge on any atom is -0.399 e. The van der Waals surface area contributed by atoms with Gasteiger partial charge in [0.2, 0.25) is 0 Å². The number of nitrogens with zero attached hydrogens (tertiary/aromatic N) is 2. The number of hydrogen-bond donors (Lipinski definition) is 2. The van der Waals surface area contributed by atoms with Crippen LogP contribution in [0.2, 0.25) is 0 Å². The van der Waals surface area contributed by atoms with Gasteiger partial charge in [-0.3, -0.25) is 4.79 Å². The largest absolute Gasteiger partial charge is 0.399 e. The molecule has 7 heteroatoms. The topological polar surface area (TPSA) is 80.0 Å². The summed E-state index contributed by atoms with van der Waals surface area (Å²) in [6.45, 7) is 0. The van der Waals surface area contributed by atoms with Crippen molar-refractivity contribution >= 4 is 29.4 Å². The van der Waals surface area contributed by atoms with E-state index in [0.29, 0.717) is 0 Å². The van der Waals surface area contributed by atoms with E-state index in [9.17, 15) is 4.79 Å². The van der Waals surface area contributed by atoms with Gasteiger partial charge in [0.15, 0.2) is 0 Å². The molecule has 0 saturated heterocycles. The summed E-state index contributed by atoms with van der Waals surface area (Å²) in [6.07, 6.45) is 7.62. The summed E-state index contributed by atoms with van der Waals surface area (Å²) in [5.41, 5.74) is 0.847. The summed E-state index contributed by atoms with van der Waals surface area (Å²) in [4.78, 5) is 13.3. The lowest BCUT2D eigenvalue weighted by Gasteiger charge is -2.21. The number of nitrogens with one attached hydrogen (secondary N) is 2. The van der Waals surface area contributed by atoms with Crippen molar-refractivity contribution in [1.82, 2.24) is 15.5 Å². The van der Waals surface area contributed by atoms with Crippen LogP contribution in [-0.2, 0) is 0 Å². The Kier molecular flexibility index (Phi) is 5.17. The van der Waals surface area contributed by atoms with Gasteiger partial charge in [0.05, 0.1) is 0 Å². The molecule has 1 aromatic heterocycles. The van der Waals surface area contributed by atoms with Crippen molar-refractivity contribution in [3.05, 3.63) is 30.2 Å². The number of carbonyl (C=O) groups is 1. The van der Waals surface area contributed by atoms with Crippen LogP contribution in [-0.4, -0.2) is 28.4 Å². The van der Waals surface area contributed by atoms with E-state index in [2.05, 4.69) is 20.8 Å². The zero-order valence-corrected chi connectivity index (χ0v) is 13.9. The standard InChI is InChI=1S/C16H20N4O2S/c1-23-13-9-5-8-12(10-13)18-16-20-19-15(22-16)14(21)17-11-6-3-2-4-7-11/h5,8-11H,2-4,6-7H2,1H3,(H,17,21)(H,18,20). The first-order valence-electron chi connectivity index (χ1n) is 7.80. The van der Waals surface area contributed by atoms with E-state index in [1.807, 2.05) is 30.5 Å². The Balaban J connectivity index is 1.61. The molecule has 1 aliphatic rings. The van der Waals surface area contributed by atoms with Gasteiger partial charge in [0, 0.05) is 16.6 Å². The first kappa shape index (κ1) is 15.9. The normalized spacial score (nSPS) is 15.3. The van der Waals surface area contributed by atoms with Crippen molar-refractivity contribution in [2.45, 2.75) is 43.0 Å². The number of anilines is 2. The Labute approximate surface area is 139 Å². The molecule has 0 unspecified atom stereocenters. The monoisotopic (exact) mass is 332 g/mol. The van der Waals surface area contributed by atoms with Gasteiger partial charge in [-0.25, -0.2) is 0 Å². The molecule has 23 heavy (non-hydrogen) atoms. The third kappa shape index (κ3) is 4.25. The molecule has 1 aromatic carbocycles. The van der Waals surface area contributed by atoms with Gasteiger partial charge >= 0.3 is 17.8 Å². The number of amides is 1. The minimum absolute atomic E-state index is 0.000838. The number of rotatable bonds is 5. The molecule has 1 amide bonds. The van der Waals surface area contributed by atoms with Gasteiger partial charge in [0.1, 0.15) is 0 Å². The minimum atomic E-state index is -0.296. The fourth-order valence-corrected chi connectivity index (χ4v) is 3.14. The van der Waals surface area contributed by atoms with Crippen molar-refractivity contribution in [1.29, 1.82) is 0 Å². The summed E-state index contributed by atoms with van der Waals surface area (Å²) in [5.74, 6) is -0.297. The van der Waals surface area contributed by atoms with E-state index in [0.717, 1.165) is 36.3 Å². The van der Waals surface area contributed by atoms with Crippen LogP contribution in [0.3, 0.4) is 0 Å². The maximum Gasteiger partial charge on any atom is 0.320 e. The maximum atomic E-state index is 12.1. The highest BCUT2D eigenvalue weighted by Gasteiger charge is 2.20. The Bertz CT molecular complexity index is 668. The average molecular weight is 332 g/mol. The van der Waals surface area contributed by atoms with E-state index < -0.39 is 0 Å². The van der Waals surface area contributed by atoms with E-state index >= 15 is 0 Å². The number of carbonyl (C=O) groups excluding carboxylic acids is 1. The van der Waals surface area contributed by atoms with Crippen molar-refractivity contribution < 1.29 is 9.21 Å². The van der Waals surface area contributed by atoms with Crippen molar-refractivity contribution in [3.63, 3.8) is 0 Å². The molecule has 0 radical (unpaired) electrons. The summed E-state index contributed by atoms with van der Waals surface area (Å²) < 4.78 is 5.41. The lowest BCUT2D eigenvalue weighted by Crippen LogP contribution is -2.36. The van der Waals surface area contributed by atoms with Crippen LogP contribution >= 0.6 is 11.8 Å². The molecule has 2 aromatic rings. The number of benzene rings is 1. The van der Waals surface area contributed by atoms with Crippen LogP contribution in [0.4, 0.5) is 11.7 Å². The molecule has 1 saturated carbocycles. The zero-order valence-electron chi connectivity index (χ0n) is 13.0. The Hall–Kier alpha value is -2.02. The summed E-state index contributed by atoms with van der Waals surface area (Å²) in [5, 5.41) is 13.7. The second kappa shape index (κ2) is 7.50. The fraction of sp³-hybridized carbons (Fsp3) is 0.438. The van der Waals surface area contributed by atoms with Crippen LogP contribution in [0.1, 0.15) is 42.8 Å². The quantitative estimate of drug-likeness (QED) is 0.814. The first-order valence-corrected chi connectivity index (χ1v) is 9.02. The lowest BCUT2D eigenvalue weighted by molar-refractivity contribution is 0.0893. The van der Waals surface area contributed by atoms with Gasteiger partial charge in [-0.05, 0) is 37.3 Å². The van der Waals surface area contributed by atoms with Gasteiger partial charge in [-0.15, -0.1) is 16.9 Å².